The highest BCUT2D eigenvalue weighted by molar-refractivity contribution is 5.91. The minimum absolute atomic E-state index is 0.0103. The van der Waals surface area contributed by atoms with Gasteiger partial charge in [-0.3, -0.25) is 29.3 Å². The second-order valence-electron chi connectivity index (χ2n) is 9.73. The van der Waals surface area contributed by atoms with Crippen molar-refractivity contribution >= 4 is 35.3 Å². The topological polar surface area (TPSA) is 284 Å². The van der Waals surface area contributed by atoms with Crippen LogP contribution in [0.15, 0.2) is 24.3 Å². The van der Waals surface area contributed by atoms with Crippen LogP contribution in [0.25, 0.3) is 0 Å². The van der Waals surface area contributed by atoms with Gasteiger partial charge in [-0.2, -0.15) is 0 Å². The second kappa shape index (κ2) is 15.3. The van der Waals surface area contributed by atoms with Crippen LogP contribution in [0, 0.1) is 10.1 Å². The summed E-state index contributed by atoms with van der Waals surface area (Å²) >= 11 is 0. The van der Waals surface area contributed by atoms with E-state index < -0.39 is 96.4 Å². The summed E-state index contributed by atoms with van der Waals surface area (Å²) < 4.78 is 16.1. The maximum atomic E-state index is 13.2. The molecule has 43 heavy (non-hydrogen) atoms. The van der Waals surface area contributed by atoms with Gasteiger partial charge in [0, 0.05) is 25.5 Å². The number of nitrogens with two attached hydrogens (primary N) is 2. The number of nitro groups is 1. The van der Waals surface area contributed by atoms with Crippen molar-refractivity contribution in [3.63, 3.8) is 0 Å². The molecule has 8 N–H and O–H groups in total. The molecule has 0 aliphatic carbocycles. The summed E-state index contributed by atoms with van der Waals surface area (Å²) in [5.74, 6) is -4.86. The number of benzene rings is 1. The lowest BCUT2D eigenvalue weighted by atomic mass is 9.94. The lowest BCUT2D eigenvalue weighted by Gasteiger charge is -2.48. The van der Waals surface area contributed by atoms with Gasteiger partial charge in [0.25, 0.3) is 5.69 Å². The molecule has 1 saturated heterocycles. The average molecular weight is 614 g/mol. The quantitative estimate of drug-likeness (QED) is 0.0559. The van der Waals surface area contributed by atoms with Crippen molar-refractivity contribution < 1.29 is 58.4 Å². The van der Waals surface area contributed by atoms with E-state index in [1.807, 2.05) is 0 Å². The van der Waals surface area contributed by atoms with Gasteiger partial charge in [0.05, 0.1) is 17.6 Å². The Hall–Kier alpha value is -4.23. The summed E-state index contributed by atoms with van der Waals surface area (Å²) in [6.07, 6.45) is -8.01. The van der Waals surface area contributed by atoms with E-state index in [0.717, 1.165) is 24.0 Å². The molecule has 1 aromatic rings. The first-order chi connectivity index (χ1) is 20.1. The van der Waals surface area contributed by atoms with Crippen molar-refractivity contribution in [1.29, 1.82) is 0 Å². The van der Waals surface area contributed by atoms with Gasteiger partial charge < -0.3 is 51.2 Å². The highest BCUT2D eigenvalue weighted by Crippen LogP contribution is 2.27. The van der Waals surface area contributed by atoms with E-state index in [1.165, 1.54) is 26.0 Å². The molecule has 3 amide bonds. The van der Waals surface area contributed by atoms with Gasteiger partial charge in [-0.1, -0.05) is 0 Å². The van der Waals surface area contributed by atoms with Gasteiger partial charge in [-0.15, -0.1) is 0 Å². The summed E-state index contributed by atoms with van der Waals surface area (Å²) in [6.45, 7) is 2.76. The maximum absolute atomic E-state index is 13.2. The first-order valence-electron chi connectivity index (χ1n) is 13.0. The number of primary amides is 1. The summed E-state index contributed by atoms with van der Waals surface area (Å²) in [5.41, 5.74) is 11.4. The summed E-state index contributed by atoms with van der Waals surface area (Å²) in [7, 11) is 0. The van der Waals surface area contributed by atoms with Gasteiger partial charge in [-0.25, -0.2) is 4.79 Å². The largest absolute Gasteiger partial charge is 0.479 e. The Bertz CT molecular complexity index is 1200. The van der Waals surface area contributed by atoms with Crippen LogP contribution in [-0.4, -0.2) is 110 Å². The van der Waals surface area contributed by atoms with Gasteiger partial charge in [0.1, 0.15) is 36.1 Å². The van der Waals surface area contributed by atoms with Crippen LogP contribution in [-0.2, 0) is 33.4 Å². The number of aliphatic hydroxyl groups is 2. The molecular weight excluding hydrogens is 578 g/mol. The van der Waals surface area contributed by atoms with Crippen molar-refractivity contribution in [2.24, 2.45) is 11.5 Å². The molecule has 0 saturated carbocycles. The van der Waals surface area contributed by atoms with E-state index in [9.17, 15) is 49.4 Å². The average Bonchev–Trinajstić information content (AvgIpc) is 2.94. The lowest BCUT2D eigenvalue weighted by Crippen LogP contribution is -2.70. The van der Waals surface area contributed by atoms with Gasteiger partial charge in [0.15, 0.2) is 12.3 Å². The first-order valence-corrected chi connectivity index (χ1v) is 13.0. The third kappa shape index (κ3) is 9.13. The molecule has 238 valence electrons. The second-order valence-corrected chi connectivity index (χ2v) is 9.73. The number of carbonyl (C=O) groups excluding carboxylic acids is 4. The fourth-order valence-electron chi connectivity index (χ4n) is 4.28. The molecule has 1 heterocycles. The van der Waals surface area contributed by atoms with Gasteiger partial charge >= 0.3 is 11.9 Å². The zero-order valence-corrected chi connectivity index (χ0v) is 23.5. The number of nitrogens with one attached hydrogen (secondary N) is 1. The van der Waals surface area contributed by atoms with Crippen molar-refractivity contribution in [2.75, 3.05) is 6.61 Å². The smallest absolute Gasteiger partial charge is 0.332 e. The number of carboxylic acid groups (broad SMARTS) is 1. The molecule has 1 aliphatic rings. The third-order valence-corrected chi connectivity index (χ3v) is 6.64. The number of hydrogen-bond donors (Lipinski definition) is 6. The van der Waals surface area contributed by atoms with Gasteiger partial charge in [0.2, 0.25) is 17.7 Å². The number of carboxylic acids is 1. The minimum Gasteiger partial charge on any atom is -0.479 e. The number of carbonyl (C=O) groups is 5. The normalized spacial score (nSPS) is 23.7. The molecule has 1 fully saturated rings. The van der Waals surface area contributed by atoms with Crippen LogP contribution < -0.4 is 21.5 Å². The molecule has 18 heteroatoms. The Balaban J connectivity index is 2.14. The minimum atomic E-state index is -1.58. The van der Waals surface area contributed by atoms with E-state index in [0.29, 0.717) is 0 Å². The number of amides is 3. The highest BCUT2D eigenvalue weighted by atomic mass is 16.6. The van der Waals surface area contributed by atoms with E-state index >= 15 is 0 Å². The number of non-ortho nitro benzene ring substituents is 1. The number of aliphatic hydroxyl groups excluding tert-OH is 2. The lowest BCUT2D eigenvalue weighted by molar-refractivity contribution is -0.384. The summed E-state index contributed by atoms with van der Waals surface area (Å²) in [4.78, 5) is 72.4. The number of ether oxygens (including phenoxy) is 3. The van der Waals surface area contributed by atoms with Crippen molar-refractivity contribution in [3.05, 3.63) is 34.4 Å². The third-order valence-electron chi connectivity index (χ3n) is 6.64. The fraction of sp³-hybridized carbons (Fsp3) is 0.560. The zero-order valence-electron chi connectivity index (χ0n) is 23.5. The molecule has 0 bridgehead atoms. The van der Waals surface area contributed by atoms with Gasteiger partial charge in [-0.05, 0) is 32.4 Å². The molecule has 8 atom stereocenters. The fourth-order valence-corrected chi connectivity index (χ4v) is 4.28. The van der Waals surface area contributed by atoms with Crippen LogP contribution in [0.3, 0.4) is 0 Å². The molecule has 0 spiro atoms. The van der Waals surface area contributed by atoms with E-state index in [1.54, 1.807) is 0 Å². The zero-order chi connectivity index (χ0) is 32.6. The monoisotopic (exact) mass is 613 g/mol. The summed E-state index contributed by atoms with van der Waals surface area (Å²) in [5, 5.41) is 42.6. The number of nitro benzene ring substituents is 1. The predicted molar refractivity (Wildman–Crippen MR) is 143 cm³/mol. The molecule has 2 rings (SSSR count). The Morgan fingerprint density at radius 2 is 1.79 bits per heavy atom. The Kier molecular flexibility index (Phi) is 12.4. The predicted octanol–water partition coefficient (Wildman–Crippen LogP) is -2.25. The number of esters is 1. The molecular formula is C25H35N5O13. The van der Waals surface area contributed by atoms with E-state index in [-0.39, 0.29) is 17.9 Å². The maximum Gasteiger partial charge on any atom is 0.332 e. The summed E-state index contributed by atoms with van der Waals surface area (Å²) in [6, 6.07) is 0.492. The Morgan fingerprint density at radius 3 is 2.28 bits per heavy atom. The number of hydrogen-bond acceptors (Lipinski definition) is 13. The van der Waals surface area contributed by atoms with Crippen LogP contribution in [0.1, 0.15) is 33.6 Å². The van der Waals surface area contributed by atoms with Crippen molar-refractivity contribution in [3.8, 4) is 5.75 Å². The number of nitrogens with zero attached hydrogens (tertiary/aromatic N) is 2. The van der Waals surface area contributed by atoms with Crippen LogP contribution in [0.4, 0.5) is 5.69 Å². The standard InChI is InChI=1S/C25H35N5O13/c1-11(29(13(3)32)24-19(26)21(41-12(2)25(37)38)20(34)17(10-31)43-24)23(36)28-16(22(27)35)8-9-18(33)42-15-6-4-14(5-7-15)30(39)40/h4-7,11-12,16-17,19-21,24,31,34H,8-10,26H2,1-3H3,(H2,27,35)(H,28,36)(H,37,38)/t11-,12+,16+,17+,19+,20+,21+,24?/m0/s1. The van der Waals surface area contributed by atoms with E-state index in [4.69, 9.17) is 25.7 Å². The molecule has 0 radical (unpaired) electrons. The van der Waals surface area contributed by atoms with Crippen molar-refractivity contribution in [1.82, 2.24) is 10.2 Å². The molecule has 1 unspecified atom stereocenters. The Labute approximate surface area is 245 Å². The number of aliphatic carboxylic acids is 1. The van der Waals surface area contributed by atoms with E-state index in [2.05, 4.69) is 5.32 Å². The molecule has 1 aliphatic heterocycles. The first kappa shape index (κ1) is 35.0. The van der Waals surface area contributed by atoms with Crippen LogP contribution in [0.2, 0.25) is 0 Å². The Morgan fingerprint density at radius 1 is 1.19 bits per heavy atom. The highest BCUT2D eigenvalue weighted by Gasteiger charge is 2.49. The molecule has 0 aromatic heterocycles. The molecule has 18 nitrogen and oxygen atoms in total. The van der Waals surface area contributed by atoms with Crippen LogP contribution in [0.5, 0.6) is 5.75 Å². The van der Waals surface area contributed by atoms with Crippen LogP contribution >= 0.6 is 0 Å². The number of rotatable bonds is 14. The SMILES string of the molecule is CC(=O)N(C1O[C@H](CO)[C@@H](O)[C@H](O[C@H](C)C(=O)O)[C@H]1N)[C@@H](C)C(=O)N[C@H](CCC(=O)Oc1ccc([N+](=O)[O-])cc1)C(N)=O. The molecule has 1 aromatic carbocycles. The van der Waals surface area contributed by atoms with Crippen molar-refractivity contribution in [2.45, 2.75) is 82.4 Å².